The number of ether oxygens (including phenoxy) is 1. The monoisotopic (exact) mass is 564 g/mol. The van der Waals surface area contributed by atoms with Gasteiger partial charge in [0.15, 0.2) is 5.78 Å². The topological polar surface area (TPSA) is 58.6 Å². The van der Waals surface area contributed by atoms with Crippen molar-refractivity contribution in [1.29, 1.82) is 0 Å². The van der Waals surface area contributed by atoms with E-state index in [9.17, 15) is 9.59 Å². The van der Waals surface area contributed by atoms with Crippen LogP contribution in [0.15, 0.2) is 53.6 Å². The van der Waals surface area contributed by atoms with Crippen LogP contribution in [0.3, 0.4) is 0 Å². The number of carbonyl (C=O) groups excluding carboxylic acids is 2. The van der Waals surface area contributed by atoms with Crippen LogP contribution >= 0.6 is 11.8 Å². The first-order chi connectivity index (χ1) is 19.5. The molecule has 0 saturated carbocycles. The van der Waals surface area contributed by atoms with E-state index >= 15 is 0 Å². The highest BCUT2D eigenvalue weighted by Crippen LogP contribution is 2.29. The summed E-state index contributed by atoms with van der Waals surface area (Å²) in [4.78, 5) is 28.1. The number of rotatable bonds is 19. The quantitative estimate of drug-likeness (QED) is 0.136. The van der Waals surface area contributed by atoms with Gasteiger partial charge in [0.25, 0.3) is 5.91 Å². The van der Waals surface area contributed by atoms with E-state index in [4.69, 9.17) is 4.74 Å². The molecule has 0 aliphatic carbocycles. The van der Waals surface area contributed by atoms with Gasteiger partial charge >= 0.3 is 0 Å². The van der Waals surface area contributed by atoms with E-state index in [2.05, 4.69) is 29.5 Å². The molecular weight excluding hydrogens is 516 g/mol. The number of carbonyl (C=O) groups is 2. The molecule has 0 unspecified atom stereocenters. The fourth-order valence-corrected chi connectivity index (χ4v) is 5.98. The number of allylic oxidation sites excluding steroid dienone is 1. The highest BCUT2D eigenvalue weighted by Gasteiger charge is 2.20. The summed E-state index contributed by atoms with van der Waals surface area (Å²) < 4.78 is 6.13. The molecule has 0 aromatic heterocycles. The van der Waals surface area contributed by atoms with E-state index in [0.29, 0.717) is 23.5 Å². The van der Waals surface area contributed by atoms with Crippen molar-refractivity contribution in [3.63, 3.8) is 0 Å². The number of amides is 1. The smallest absolute Gasteiger partial charge is 0.259 e. The Balaban J connectivity index is 1.51. The summed E-state index contributed by atoms with van der Waals surface area (Å²) in [5, 5.41) is 5.25. The summed E-state index contributed by atoms with van der Waals surface area (Å²) >= 11 is 1.78. The Morgan fingerprint density at radius 3 is 2.10 bits per heavy atom. The second kappa shape index (κ2) is 17.9. The molecule has 2 aromatic rings. The molecule has 1 N–H and O–H groups in total. The van der Waals surface area contributed by atoms with Crippen molar-refractivity contribution in [3.05, 3.63) is 70.3 Å². The van der Waals surface area contributed by atoms with Crippen molar-refractivity contribution < 1.29 is 14.3 Å². The van der Waals surface area contributed by atoms with Gasteiger partial charge in [-0.2, -0.15) is 0 Å². The van der Waals surface area contributed by atoms with Gasteiger partial charge in [-0.25, -0.2) is 0 Å². The molecule has 1 heterocycles. The number of para-hydroxylation sites is 2. The number of thioether (sulfide) groups is 1. The Labute approximate surface area is 246 Å². The van der Waals surface area contributed by atoms with Gasteiger partial charge in [-0.1, -0.05) is 102 Å². The van der Waals surface area contributed by atoms with Gasteiger partial charge in [-0.3, -0.25) is 9.59 Å². The average Bonchev–Trinajstić information content (AvgIpc) is 3.36. The maximum absolute atomic E-state index is 13.5. The summed E-state index contributed by atoms with van der Waals surface area (Å²) in [5.74, 6) is 0.936. The zero-order valence-corrected chi connectivity index (χ0v) is 25.6. The minimum Gasteiger partial charge on any atom is -0.492 e. The molecule has 5 nitrogen and oxygen atoms in total. The van der Waals surface area contributed by atoms with Crippen LogP contribution in [0.4, 0.5) is 5.69 Å². The van der Waals surface area contributed by atoms with E-state index in [1.165, 1.54) is 76.8 Å². The second-order valence-electron chi connectivity index (χ2n) is 10.8. The zero-order chi connectivity index (χ0) is 28.6. The molecule has 40 heavy (non-hydrogen) atoms. The third-order valence-corrected chi connectivity index (χ3v) is 8.46. The molecule has 218 valence electrons. The number of ketones is 1. The second-order valence-corrected chi connectivity index (χ2v) is 11.7. The Bertz CT molecular complexity index is 1110. The summed E-state index contributed by atoms with van der Waals surface area (Å²) in [6, 6.07) is 13.1. The predicted molar refractivity (Wildman–Crippen MR) is 169 cm³/mol. The van der Waals surface area contributed by atoms with Crippen LogP contribution in [0.1, 0.15) is 124 Å². The third kappa shape index (κ3) is 10.3. The van der Waals surface area contributed by atoms with E-state index in [0.717, 1.165) is 36.5 Å². The number of nitrogens with zero attached hydrogens (tertiary/aromatic N) is 1. The highest BCUT2D eigenvalue weighted by atomic mass is 32.2. The normalized spacial score (nSPS) is 12.9. The fourth-order valence-electron chi connectivity index (χ4n) is 5.04. The lowest BCUT2D eigenvalue weighted by Gasteiger charge is -2.21. The summed E-state index contributed by atoms with van der Waals surface area (Å²) in [5.41, 5.74) is 3.91. The van der Waals surface area contributed by atoms with Gasteiger partial charge in [0.2, 0.25) is 0 Å². The largest absolute Gasteiger partial charge is 0.492 e. The number of unbranched alkanes of at least 4 members (excludes halogenated alkanes) is 11. The lowest BCUT2D eigenvalue weighted by Crippen LogP contribution is -2.20. The molecule has 0 fully saturated rings. The lowest BCUT2D eigenvalue weighted by molar-refractivity contribution is 0.101. The molecule has 0 atom stereocenters. The van der Waals surface area contributed by atoms with Gasteiger partial charge in [-0.15, -0.1) is 11.8 Å². The molecule has 1 amide bonds. The van der Waals surface area contributed by atoms with Crippen molar-refractivity contribution in [2.24, 2.45) is 0 Å². The van der Waals surface area contributed by atoms with Crippen molar-refractivity contribution in [2.45, 2.75) is 104 Å². The summed E-state index contributed by atoms with van der Waals surface area (Å²) in [6.45, 7) is 7.11. The first kappa shape index (κ1) is 31.8. The Morgan fingerprint density at radius 1 is 0.850 bits per heavy atom. The Hall–Kier alpha value is -2.73. The van der Waals surface area contributed by atoms with E-state index in [1.54, 1.807) is 30.0 Å². The molecular formula is C34H48N2O3S. The number of nitrogens with one attached hydrogen (secondary N) is 1. The molecule has 1 aliphatic heterocycles. The maximum Gasteiger partial charge on any atom is 0.259 e. The van der Waals surface area contributed by atoms with Crippen LogP contribution < -0.4 is 10.1 Å². The molecule has 0 saturated heterocycles. The fraction of sp³-hybridized carbons (Fsp3) is 0.529. The van der Waals surface area contributed by atoms with Crippen LogP contribution in [-0.4, -0.2) is 29.1 Å². The standard InChI is InChI=1S/C34H48N2O3S/c1-4-5-6-7-8-9-10-11-12-13-14-17-23-39-33-30(28(3)37)20-18-21-31(33)34(38)35-32-22-16-15-19-29(32)24-36-26-40-25-27(36)2/h15-16,18-22,25H,4-14,17,23-24,26H2,1-3H3,(H,35,38). The first-order valence-electron chi connectivity index (χ1n) is 15.2. The number of hydrogen-bond acceptors (Lipinski definition) is 5. The molecule has 2 aromatic carbocycles. The maximum atomic E-state index is 13.5. The molecule has 0 bridgehead atoms. The van der Waals surface area contributed by atoms with Crippen molar-refractivity contribution >= 4 is 29.1 Å². The van der Waals surface area contributed by atoms with Crippen LogP contribution in [0.5, 0.6) is 5.75 Å². The van der Waals surface area contributed by atoms with Crippen molar-refractivity contribution in [2.75, 3.05) is 17.8 Å². The van der Waals surface area contributed by atoms with Gasteiger partial charge in [0.05, 0.1) is 23.6 Å². The molecule has 6 heteroatoms. The minimum absolute atomic E-state index is 0.103. The van der Waals surface area contributed by atoms with E-state index < -0.39 is 0 Å². The van der Waals surface area contributed by atoms with Crippen LogP contribution in [0, 0.1) is 0 Å². The summed E-state index contributed by atoms with van der Waals surface area (Å²) in [6.07, 6.45) is 15.3. The van der Waals surface area contributed by atoms with Crippen molar-refractivity contribution in [1.82, 2.24) is 4.90 Å². The van der Waals surface area contributed by atoms with Gasteiger partial charge in [-0.05, 0) is 49.4 Å². The van der Waals surface area contributed by atoms with Crippen LogP contribution in [-0.2, 0) is 6.54 Å². The number of anilines is 1. The highest BCUT2D eigenvalue weighted by molar-refractivity contribution is 8.02. The van der Waals surface area contributed by atoms with E-state index in [1.807, 2.05) is 24.3 Å². The first-order valence-corrected chi connectivity index (χ1v) is 16.3. The molecule has 1 aliphatic rings. The van der Waals surface area contributed by atoms with Gasteiger partial charge in [0, 0.05) is 17.9 Å². The number of benzene rings is 2. The van der Waals surface area contributed by atoms with Gasteiger partial charge < -0.3 is 15.0 Å². The van der Waals surface area contributed by atoms with E-state index in [-0.39, 0.29) is 11.7 Å². The third-order valence-electron chi connectivity index (χ3n) is 7.49. The van der Waals surface area contributed by atoms with Gasteiger partial charge in [0.1, 0.15) is 5.75 Å². The SMILES string of the molecule is CCCCCCCCCCCCCCOc1c(C(C)=O)cccc1C(=O)Nc1ccccc1CN1CSC=C1C. The van der Waals surface area contributed by atoms with Crippen molar-refractivity contribution in [3.8, 4) is 5.75 Å². The minimum atomic E-state index is -0.261. The van der Waals surface area contributed by atoms with Crippen LogP contribution in [0.25, 0.3) is 0 Å². The molecule has 0 spiro atoms. The number of hydrogen-bond donors (Lipinski definition) is 1. The Kier molecular flexibility index (Phi) is 14.2. The average molecular weight is 565 g/mol. The zero-order valence-electron chi connectivity index (χ0n) is 24.8. The Morgan fingerprint density at radius 2 is 1.48 bits per heavy atom. The lowest BCUT2D eigenvalue weighted by atomic mass is 10.0. The number of Topliss-reactive ketones (excluding diaryl/α,β-unsaturated/α-hetero) is 1. The molecule has 0 radical (unpaired) electrons. The summed E-state index contributed by atoms with van der Waals surface area (Å²) in [7, 11) is 0. The molecule has 3 rings (SSSR count). The predicted octanol–water partition coefficient (Wildman–Crippen LogP) is 9.59. The van der Waals surface area contributed by atoms with Crippen LogP contribution in [0.2, 0.25) is 0 Å².